The molecule has 228 valence electrons. The predicted octanol–water partition coefficient (Wildman–Crippen LogP) is 5.05. The molecule has 1 aliphatic carbocycles. The second-order valence-electron chi connectivity index (χ2n) is 10.0. The van der Waals surface area contributed by atoms with Crippen molar-refractivity contribution in [3.8, 4) is 28.5 Å². The number of rotatable bonds is 8. The average Bonchev–Trinajstić information content (AvgIpc) is 3.62. The molecule has 0 saturated heterocycles. The quantitative estimate of drug-likeness (QED) is 0.264. The fourth-order valence-corrected chi connectivity index (χ4v) is 4.98. The Labute approximate surface area is 241 Å². The van der Waals surface area contributed by atoms with E-state index in [-0.39, 0.29) is 45.9 Å². The highest BCUT2D eigenvalue weighted by atomic mass is 19.4. The molecule has 4 aromatic rings. The van der Waals surface area contributed by atoms with Crippen LogP contribution in [-0.2, 0) is 18.0 Å². The first kappa shape index (κ1) is 29.8. The van der Waals surface area contributed by atoms with Gasteiger partial charge in [0.05, 0.1) is 24.7 Å². The fourth-order valence-electron chi connectivity index (χ4n) is 4.98. The van der Waals surface area contributed by atoms with Crippen LogP contribution < -0.4 is 15.4 Å². The van der Waals surface area contributed by atoms with Gasteiger partial charge in [0.2, 0.25) is 11.9 Å². The number of nitrogens with zero attached hydrogens (tertiary/aromatic N) is 8. The molecule has 4 aromatic heterocycles. The molecule has 12 nitrogen and oxygen atoms in total. The lowest BCUT2D eigenvalue weighted by Gasteiger charge is -2.30. The number of ether oxygens (including phenoxy) is 1. The topological polar surface area (TPSA) is 138 Å². The zero-order valence-electron chi connectivity index (χ0n) is 23.2. The molecule has 0 unspecified atom stereocenters. The maximum atomic E-state index is 13.7. The molecule has 5 rings (SSSR count). The number of hydrogen-bond acceptors (Lipinski definition) is 9. The van der Waals surface area contributed by atoms with Crippen LogP contribution in [0.15, 0.2) is 30.9 Å². The van der Waals surface area contributed by atoms with Gasteiger partial charge >= 0.3 is 12.7 Å². The molecular weight excluding hydrogens is 579 g/mol. The van der Waals surface area contributed by atoms with Gasteiger partial charge in [-0.2, -0.15) is 32.1 Å². The Morgan fingerprint density at radius 1 is 1.09 bits per heavy atom. The van der Waals surface area contributed by atoms with Gasteiger partial charge in [-0.15, -0.1) is 0 Å². The van der Waals surface area contributed by atoms with Crippen LogP contribution in [0.4, 0.5) is 33.7 Å². The van der Waals surface area contributed by atoms with Crippen molar-refractivity contribution in [1.82, 2.24) is 39.5 Å². The van der Waals surface area contributed by atoms with Gasteiger partial charge in [0.15, 0.2) is 5.82 Å². The van der Waals surface area contributed by atoms with Crippen LogP contribution >= 0.6 is 0 Å². The molecular formula is C26H27F5N10O2. The summed E-state index contributed by atoms with van der Waals surface area (Å²) in [6.07, 6.45) is 2.55. The van der Waals surface area contributed by atoms with Crippen molar-refractivity contribution in [1.29, 1.82) is 0 Å². The predicted molar refractivity (Wildman–Crippen MR) is 143 cm³/mol. The summed E-state index contributed by atoms with van der Waals surface area (Å²) in [5.41, 5.74) is -0.195. The third-order valence-corrected chi connectivity index (χ3v) is 6.95. The SMILES string of the molecule is COc1nc(-c2cnn(C)c2)c(C2CCC(Nc3ncc(C(F)(F)F)c(-c4ccn(C(F)F)n4)n3)CC2)nc1NC(C)=O. The van der Waals surface area contributed by atoms with Crippen molar-refractivity contribution >= 4 is 17.7 Å². The summed E-state index contributed by atoms with van der Waals surface area (Å²) in [5, 5.41) is 13.5. The first-order chi connectivity index (χ1) is 20.4. The highest BCUT2D eigenvalue weighted by molar-refractivity contribution is 5.89. The van der Waals surface area contributed by atoms with Gasteiger partial charge in [-0.05, 0) is 31.7 Å². The first-order valence-electron chi connectivity index (χ1n) is 13.2. The van der Waals surface area contributed by atoms with Crippen LogP contribution in [0.25, 0.3) is 22.6 Å². The zero-order valence-corrected chi connectivity index (χ0v) is 23.2. The number of carbonyl (C=O) groups is 1. The van der Waals surface area contributed by atoms with E-state index in [2.05, 4.69) is 35.8 Å². The summed E-state index contributed by atoms with van der Waals surface area (Å²) in [6.45, 7) is -1.66. The molecule has 0 aromatic carbocycles. The van der Waals surface area contributed by atoms with Gasteiger partial charge in [-0.3, -0.25) is 9.48 Å². The minimum absolute atomic E-state index is 0.0680. The monoisotopic (exact) mass is 606 g/mol. The van der Waals surface area contributed by atoms with E-state index >= 15 is 0 Å². The van der Waals surface area contributed by atoms with Crippen molar-refractivity contribution < 1.29 is 31.5 Å². The lowest BCUT2D eigenvalue weighted by Crippen LogP contribution is -2.27. The van der Waals surface area contributed by atoms with Crippen LogP contribution in [0.1, 0.15) is 56.3 Å². The van der Waals surface area contributed by atoms with Gasteiger partial charge in [0.1, 0.15) is 17.0 Å². The largest absolute Gasteiger partial charge is 0.478 e. The number of nitrogens with one attached hydrogen (secondary N) is 2. The first-order valence-corrected chi connectivity index (χ1v) is 13.2. The number of amides is 1. The van der Waals surface area contributed by atoms with Gasteiger partial charge in [0, 0.05) is 50.1 Å². The van der Waals surface area contributed by atoms with Gasteiger partial charge in [-0.25, -0.2) is 24.6 Å². The molecule has 0 spiro atoms. The van der Waals surface area contributed by atoms with E-state index in [1.807, 2.05) is 0 Å². The summed E-state index contributed by atoms with van der Waals surface area (Å²) < 4.78 is 74.3. The number of alkyl halides is 5. The third kappa shape index (κ3) is 6.54. The molecule has 43 heavy (non-hydrogen) atoms. The van der Waals surface area contributed by atoms with E-state index in [1.54, 1.807) is 24.1 Å². The Balaban J connectivity index is 1.38. The van der Waals surface area contributed by atoms with E-state index in [4.69, 9.17) is 9.72 Å². The Hall–Kier alpha value is -4.70. The van der Waals surface area contributed by atoms with Gasteiger partial charge in [-0.1, -0.05) is 0 Å². The number of anilines is 2. The zero-order chi connectivity index (χ0) is 30.9. The third-order valence-electron chi connectivity index (χ3n) is 6.95. The van der Waals surface area contributed by atoms with Crippen LogP contribution in [0.2, 0.25) is 0 Å². The van der Waals surface area contributed by atoms with E-state index in [1.165, 1.54) is 14.0 Å². The van der Waals surface area contributed by atoms with E-state index in [9.17, 15) is 26.7 Å². The number of carbonyl (C=O) groups excluding carboxylic acids is 1. The van der Waals surface area contributed by atoms with Crippen LogP contribution in [0.5, 0.6) is 5.88 Å². The lowest BCUT2D eigenvalue weighted by atomic mass is 9.82. The maximum absolute atomic E-state index is 13.7. The number of aryl methyl sites for hydroxylation is 1. The molecule has 0 atom stereocenters. The molecule has 1 fully saturated rings. The molecule has 2 N–H and O–H groups in total. The highest BCUT2D eigenvalue weighted by Crippen LogP contribution is 2.40. The van der Waals surface area contributed by atoms with Crippen LogP contribution in [0, 0.1) is 0 Å². The molecule has 0 bridgehead atoms. The number of methoxy groups -OCH3 is 1. The summed E-state index contributed by atoms with van der Waals surface area (Å²) >= 11 is 0. The number of aromatic nitrogens is 8. The van der Waals surface area contributed by atoms with Gasteiger partial charge in [0.25, 0.3) is 5.88 Å². The Morgan fingerprint density at radius 2 is 1.84 bits per heavy atom. The minimum atomic E-state index is -4.82. The summed E-state index contributed by atoms with van der Waals surface area (Å²) in [4.78, 5) is 29.0. The highest BCUT2D eigenvalue weighted by Gasteiger charge is 2.37. The number of hydrogen-bond donors (Lipinski definition) is 2. The lowest BCUT2D eigenvalue weighted by molar-refractivity contribution is -0.137. The molecule has 1 aliphatic rings. The Morgan fingerprint density at radius 3 is 2.42 bits per heavy atom. The minimum Gasteiger partial charge on any atom is -0.478 e. The Bertz CT molecular complexity index is 1610. The average molecular weight is 607 g/mol. The normalized spacial score (nSPS) is 17.2. The molecule has 4 heterocycles. The van der Waals surface area contributed by atoms with Crippen molar-refractivity contribution in [2.75, 3.05) is 17.7 Å². The standard InChI is InChI=1S/C26H27F5N10O2/c1-13(42)34-22-23(43-3)37-20(15-10-33-40(2)12-15)19(36-22)14-4-6-16(7-5-14)35-25-32-11-17(26(29,30)31)21(38-25)18-8-9-41(39-18)24(27)28/h8-12,14,16,24H,4-7H2,1-3H3,(H,32,35,38)(H,34,36,42). The molecule has 0 radical (unpaired) electrons. The molecule has 1 saturated carbocycles. The van der Waals surface area contributed by atoms with Crippen molar-refractivity contribution in [3.63, 3.8) is 0 Å². The van der Waals surface area contributed by atoms with Crippen LogP contribution in [-0.4, -0.2) is 58.6 Å². The Kier molecular flexibility index (Phi) is 8.23. The second kappa shape index (κ2) is 11.9. The smallest absolute Gasteiger partial charge is 0.420 e. The van der Waals surface area contributed by atoms with Crippen molar-refractivity contribution in [2.45, 2.75) is 57.3 Å². The van der Waals surface area contributed by atoms with Crippen LogP contribution in [0.3, 0.4) is 0 Å². The van der Waals surface area contributed by atoms with E-state index < -0.39 is 24.0 Å². The summed E-state index contributed by atoms with van der Waals surface area (Å²) in [6, 6.07) is 0.853. The van der Waals surface area contributed by atoms with Gasteiger partial charge < -0.3 is 15.4 Å². The van der Waals surface area contributed by atoms with E-state index in [0.717, 1.165) is 17.8 Å². The molecule has 0 aliphatic heterocycles. The maximum Gasteiger partial charge on any atom is 0.420 e. The summed E-state index contributed by atoms with van der Waals surface area (Å²) in [5.74, 6) is -0.134. The van der Waals surface area contributed by atoms with Crippen molar-refractivity contribution in [3.05, 3.63) is 42.1 Å². The van der Waals surface area contributed by atoms with E-state index in [0.29, 0.717) is 43.3 Å². The second-order valence-corrected chi connectivity index (χ2v) is 10.0. The fraction of sp³-hybridized carbons (Fsp3) is 0.423. The molecule has 17 heteroatoms. The molecule has 1 amide bonds. The number of halogens is 5. The van der Waals surface area contributed by atoms with Crippen molar-refractivity contribution in [2.24, 2.45) is 7.05 Å². The summed E-state index contributed by atoms with van der Waals surface area (Å²) in [7, 11) is 3.20.